The van der Waals surface area contributed by atoms with Gasteiger partial charge in [0.15, 0.2) is 5.11 Å². The fourth-order valence-electron chi connectivity index (χ4n) is 2.83. The second-order valence-electron chi connectivity index (χ2n) is 5.97. The predicted octanol–water partition coefficient (Wildman–Crippen LogP) is 2.99. The van der Waals surface area contributed by atoms with Crippen molar-refractivity contribution in [2.75, 3.05) is 38.1 Å². The van der Waals surface area contributed by atoms with E-state index in [1.54, 1.807) is 0 Å². The zero-order valence-electron chi connectivity index (χ0n) is 14.5. The number of benzene rings is 1. The molecule has 0 spiro atoms. The molecule has 3 rings (SSSR count). The monoisotopic (exact) mass is 356 g/mol. The number of pyridine rings is 1. The number of hydrogen-bond donors (Lipinski definition) is 1. The Bertz CT molecular complexity index is 670. The summed E-state index contributed by atoms with van der Waals surface area (Å²) in [5.74, 6) is 0.877. The molecule has 132 valence electrons. The lowest BCUT2D eigenvalue weighted by Crippen LogP contribution is -2.49. The number of nitrogens with zero attached hydrogens (tertiary/aromatic N) is 3. The molecule has 0 saturated carbocycles. The van der Waals surface area contributed by atoms with Crippen LogP contribution in [0.1, 0.15) is 12.6 Å². The summed E-state index contributed by atoms with van der Waals surface area (Å²) >= 11 is 5.56. The fraction of sp³-hybridized carbons (Fsp3) is 0.368. The first-order valence-corrected chi connectivity index (χ1v) is 9.06. The van der Waals surface area contributed by atoms with Crippen LogP contribution in [0.3, 0.4) is 0 Å². The van der Waals surface area contributed by atoms with Crippen molar-refractivity contribution in [2.45, 2.75) is 13.5 Å². The molecule has 5 nitrogen and oxygen atoms in total. The summed E-state index contributed by atoms with van der Waals surface area (Å²) in [7, 11) is 0. The molecule has 0 atom stereocenters. The molecule has 0 unspecified atom stereocenters. The average Bonchev–Trinajstić information content (AvgIpc) is 2.65. The highest BCUT2D eigenvalue weighted by molar-refractivity contribution is 7.80. The molecule has 0 bridgehead atoms. The summed E-state index contributed by atoms with van der Waals surface area (Å²) in [5, 5.41) is 4.10. The zero-order valence-corrected chi connectivity index (χ0v) is 15.3. The summed E-state index contributed by atoms with van der Waals surface area (Å²) < 4.78 is 5.46. The van der Waals surface area contributed by atoms with Crippen molar-refractivity contribution in [2.24, 2.45) is 0 Å². The maximum absolute atomic E-state index is 5.56. The van der Waals surface area contributed by atoms with E-state index in [0.29, 0.717) is 6.61 Å². The van der Waals surface area contributed by atoms with Crippen molar-refractivity contribution in [1.29, 1.82) is 0 Å². The lowest BCUT2D eigenvalue weighted by atomic mass is 10.2. The first kappa shape index (κ1) is 17.6. The van der Waals surface area contributed by atoms with Crippen LogP contribution < -0.4 is 10.1 Å². The number of anilines is 1. The van der Waals surface area contributed by atoms with Crippen LogP contribution >= 0.6 is 12.2 Å². The summed E-state index contributed by atoms with van der Waals surface area (Å²) in [6, 6.07) is 14.0. The first-order chi connectivity index (χ1) is 12.2. The second-order valence-corrected chi connectivity index (χ2v) is 6.36. The molecule has 1 aromatic heterocycles. The van der Waals surface area contributed by atoms with Crippen LogP contribution in [-0.4, -0.2) is 52.7 Å². The normalized spacial score (nSPS) is 15.0. The quantitative estimate of drug-likeness (QED) is 0.831. The van der Waals surface area contributed by atoms with Crippen LogP contribution in [0, 0.1) is 0 Å². The molecule has 0 aliphatic carbocycles. The number of hydrogen-bond acceptors (Lipinski definition) is 4. The van der Waals surface area contributed by atoms with Gasteiger partial charge in [0.05, 0.1) is 12.3 Å². The lowest BCUT2D eigenvalue weighted by Gasteiger charge is -2.36. The third-order valence-electron chi connectivity index (χ3n) is 4.19. The van der Waals surface area contributed by atoms with E-state index in [2.05, 4.69) is 26.2 Å². The molecule has 2 heterocycles. The molecule has 0 amide bonds. The molecular weight excluding hydrogens is 332 g/mol. The van der Waals surface area contributed by atoms with Gasteiger partial charge in [-0.05, 0) is 55.5 Å². The number of rotatable bonds is 5. The summed E-state index contributed by atoms with van der Waals surface area (Å²) in [4.78, 5) is 9.04. The van der Waals surface area contributed by atoms with E-state index >= 15 is 0 Å². The Hall–Kier alpha value is -2.18. The Morgan fingerprint density at radius 1 is 1.12 bits per heavy atom. The van der Waals surface area contributed by atoms with Gasteiger partial charge in [-0.3, -0.25) is 9.88 Å². The van der Waals surface area contributed by atoms with E-state index in [9.17, 15) is 0 Å². The molecule has 0 radical (unpaired) electrons. The standard InChI is InChI=1S/C19H24N4OS/c1-2-24-18-8-6-16(7-9-18)21-19(25)23-13-11-22(12-14-23)15-17-5-3-4-10-20-17/h3-10H,2,11-15H2,1H3,(H,21,25). The Morgan fingerprint density at radius 2 is 1.88 bits per heavy atom. The third kappa shape index (κ3) is 5.14. The zero-order chi connectivity index (χ0) is 17.5. The Labute approximate surface area is 154 Å². The lowest BCUT2D eigenvalue weighted by molar-refractivity contribution is 0.175. The van der Waals surface area contributed by atoms with Crippen LogP contribution in [0.15, 0.2) is 48.7 Å². The largest absolute Gasteiger partial charge is 0.494 e. The van der Waals surface area contributed by atoms with Crippen molar-refractivity contribution < 1.29 is 4.74 Å². The number of thiocarbonyl (C=S) groups is 1. The minimum Gasteiger partial charge on any atom is -0.494 e. The van der Waals surface area contributed by atoms with E-state index in [0.717, 1.165) is 55.0 Å². The van der Waals surface area contributed by atoms with Gasteiger partial charge in [0.2, 0.25) is 0 Å². The second kappa shape index (κ2) is 8.78. The minimum absolute atomic E-state index is 0.675. The molecule has 1 aliphatic rings. The molecule has 1 N–H and O–H groups in total. The maximum Gasteiger partial charge on any atom is 0.173 e. The van der Waals surface area contributed by atoms with Crippen molar-refractivity contribution in [3.05, 3.63) is 54.4 Å². The number of ether oxygens (including phenoxy) is 1. The van der Waals surface area contributed by atoms with Crippen molar-refractivity contribution >= 4 is 23.0 Å². The Morgan fingerprint density at radius 3 is 2.52 bits per heavy atom. The van der Waals surface area contributed by atoms with Gasteiger partial charge in [-0.2, -0.15) is 0 Å². The van der Waals surface area contributed by atoms with Gasteiger partial charge in [0.1, 0.15) is 5.75 Å². The highest BCUT2D eigenvalue weighted by atomic mass is 32.1. The molecule has 1 saturated heterocycles. The molecule has 25 heavy (non-hydrogen) atoms. The van der Waals surface area contributed by atoms with Crippen LogP contribution in [-0.2, 0) is 6.54 Å². The Balaban J connectivity index is 1.46. The SMILES string of the molecule is CCOc1ccc(NC(=S)N2CCN(Cc3ccccn3)CC2)cc1. The Kier molecular flexibility index (Phi) is 6.19. The summed E-state index contributed by atoms with van der Waals surface area (Å²) in [5.41, 5.74) is 2.11. The van der Waals surface area contributed by atoms with Gasteiger partial charge in [0, 0.05) is 44.6 Å². The fourth-order valence-corrected chi connectivity index (χ4v) is 3.13. The number of piperazine rings is 1. The maximum atomic E-state index is 5.56. The molecule has 6 heteroatoms. The molecule has 2 aromatic rings. The number of aromatic nitrogens is 1. The molecule has 1 fully saturated rings. The highest BCUT2D eigenvalue weighted by Gasteiger charge is 2.19. The van der Waals surface area contributed by atoms with Gasteiger partial charge in [-0.1, -0.05) is 6.07 Å². The minimum atomic E-state index is 0.675. The highest BCUT2D eigenvalue weighted by Crippen LogP contribution is 2.16. The van der Waals surface area contributed by atoms with Crippen molar-refractivity contribution in [3.63, 3.8) is 0 Å². The summed E-state index contributed by atoms with van der Waals surface area (Å²) in [6.07, 6.45) is 1.85. The third-order valence-corrected chi connectivity index (χ3v) is 4.55. The van der Waals surface area contributed by atoms with E-state index in [-0.39, 0.29) is 0 Å². The smallest absolute Gasteiger partial charge is 0.173 e. The van der Waals surface area contributed by atoms with Crippen molar-refractivity contribution in [1.82, 2.24) is 14.8 Å². The van der Waals surface area contributed by atoms with Gasteiger partial charge in [-0.25, -0.2) is 0 Å². The van der Waals surface area contributed by atoms with Crippen LogP contribution in [0.4, 0.5) is 5.69 Å². The van der Waals surface area contributed by atoms with Gasteiger partial charge < -0.3 is 15.0 Å². The topological polar surface area (TPSA) is 40.6 Å². The van der Waals surface area contributed by atoms with E-state index in [1.165, 1.54) is 0 Å². The first-order valence-electron chi connectivity index (χ1n) is 8.65. The molecule has 1 aromatic carbocycles. The van der Waals surface area contributed by atoms with Crippen molar-refractivity contribution in [3.8, 4) is 5.75 Å². The van der Waals surface area contributed by atoms with Crippen LogP contribution in [0.2, 0.25) is 0 Å². The van der Waals surface area contributed by atoms with Gasteiger partial charge >= 0.3 is 0 Å². The van der Waals surface area contributed by atoms with E-state index in [1.807, 2.05) is 49.5 Å². The molecule has 1 aliphatic heterocycles. The number of nitrogens with one attached hydrogen (secondary N) is 1. The van der Waals surface area contributed by atoms with Crippen LogP contribution in [0.25, 0.3) is 0 Å². The van der Waals surface area contributed by atoms with E-state index < -0.39 is 0 Å². The average molecular weight is 356 g/mol. The molecular formula is C19H24N4OS. The van der Waals surface area contributed by atoms with Crippen LogP contribution in [0.5, 0.6) is 5.75 Å². The van der Waals surface area contributed by atoms with E-state index in [4.69, 9.17) is 17.0 Å². The predicted molar refractivity (Wildman–Crippen MR) is 105 cm³/mol. The summed E-state index contributed by atoms with van der Waals surface area (Å²) in [6.45, 7) is 7.38. The van der Waals surface area contributed by atoms with Gasteiger partial charge in [0.25, 0.3) is 0 Å². The van der Waals surface area contributed by atoms with Gasteiger partial charge in [-0.15, -0.1) is 0 Å².